The number of benzene rings is 2. The van der Waals surface area contributed by atoms with Gasteiger partial charge >= 0.3 is 5.97 Å². The molecule has 11 heteroatoms. The van der Waals surface area contributed by atoms with E-state index in [2.05, 4.69) is 15.0 Å². The minimum Gasteiger partial charge on any atom is -0.508 e. The summed E-state index contributed by atoms with van der Waals surface area (Å²) in [4.78, 5) is 20.6. The van der Waals surface area contributed by atoms with E-state index in [0.717, 1.165) is 6.42 Å². The number of hydrogen-bond donors (Lipinski definition) is 4. The maximum atomic E-state index is 10.3. The fourth-order valence-corrected chi connectivity index (χ4v) is 2.37. The molecule has 3 rings (SSSR count). The number of rotatable bonds is 3. The molecule has 0 saturated carbocycles. The van der Waals surface area contributed by atoms with Crippen molar-refractivity contribution in [2.24, 2.45) is 5.73 Å². The van der Waals surface area contributed by atoms with Gasteiger partial charge in [-0.25, -0.2) is 4.79 Å². The first-order chi connectivity index (χ1) is 13.7. The zero-order valence-corrected chi connectivity index (χ0v) is 17.2. The standard InChI is InChI=1S/C8H11NO.C7H7NO2.C3Cl3N3/c9-6-5-7-1-3-8(10)4-2-7;8-6-3-1-5(2-4-6)7(9)10;4-1-7-2(5)9-3(6)8-1/h1-4,10H,5-6,9H2;1-4H,8H2,(H,9,10);. The summed E-state index contributed by atoms with van der Waals surface area (Å²) in [7, 11) is 0. The third-order valence-electron chi connectivity index (χ3n) is 3.08. The Kier molecular flexibility index (Phi) is 10.7. The molecule has 0 fully saturated rings. The van der Waals surface area contributed by atoms with Crippen LogP contribution in [0.25, 0.3) is 0 Å². The number of aromatic carboxylic acids is 1. The normalized spacial score (nSPS) is 9.52. The van der Waals surface area contributed by atoms with Gasteiger partial charge in [-0.3, -0.25) is 0 Å². The predicted octanol–water partition coefficient (Wildman–Crippen LogP) is 3.69. The molecule has 0 aliphatic heterocycles. The van der Waals surface area contributed by atoms with Gasteiger partial charge in [0.1, 0.15) is 5.75 Å². The maximum Gasteiger partial charge on any atom is 0.335 e. The summed E-state index contributed by atoms with van der Waals surface area (Å²) in [6.45, 7) is 0.658. The highest BCUT2D eigenvalue weighted by Gasteiger charge is 1.99. The van der Waals surface area contributed by atoms with Gasteiger partial charge in [0.2, 0.25) is 15.9 Å². The van der Waals surface area contributed by atoms with Gasteiger partial charge in [0.15, 0.2) is 0 Å². The largest absolute Gasteiger partial charge is 0.508 e. The molecule has 0 radical (unpaired) electrons. The van der Waals surface area contributed by atoms with E-state index in [1.54, 1.807) is 24.3 Å². The molecule has 2 aromatic carbocycles. The monoisotopic (exact) mass is 457 g/mol. The van der Waals surface area contributed by atoms with Gasteiger partial charge in [-0.2, -0.15) is 15.0 Å². The molecule has 0 aliphatic carbocycles. The summed E-state index contributed by atoms with van der Waals surface area (Å²) in [6, 6.07) is 13.2. The van der Waals surface area contributed by atoms with Crippen LogP contribution in [-0.2, 0) is 6.42 Å². The molecule has 154 valence electrons. The zero-order valence-electron chi connectivity index (χ0n) is 15.0. The highest BCUT2D eigenvalue weighted by Crippen LogP contribution is 2.10. The Hall–Kier alpha value is -2.65. The smallest absolute Gasteiger partial charge is 0.335 e. The zero-order chi connectivity index (χ0) is 21.8. The maximum absolute atomic E-state index is 10.3. The van der Waals surface area contributed by atoms with E-state index in [-0.39, 0.29) is 21.4 Å². The second-order valence-corrected chi connectivity index (χ2v) is 6.29. The van der Waals surface area contributed by atoms with Crippen molar-refractivity contribution < 1.29 is 15.0 Å². The average Bonchev–Trinajstić information content (AvgIpc) is 2.64. The molecule has 1 heterocycles. The lowest BCUT2D eigenvalue weighted by molar-refractivity contribution is 0.0697. The summed E-state index contributed by atoms with van der Waals surface area (Å²) < 4.78 is 0. The fraction of sp³-hybridized carbons (Fsp3) is 0.111. The molecule has 0 aliphatic rings. The number of nitrogens with zero attached hydrogens (tertiary/aromatic N) is 3. The van der Waals surface area contributed by atoms with Crippen molar-refractivity contribution in [3.05, 3.63) is 75.5 Å². The summed E-state index contributed by atoms with van der Waals surface area (Å²) in [6.07, 6.45) is 0.875. The van der Waals surface area contributed by atoms with Crippen molar-refractivity contribution in [2.75, 3.05) is 12.3 Å². The number of aromatic nitrogens is 3. The van der Waals surface area contributed by atoms with Crippen molar-refractivity contribution in [3.8, 4) is 5.75 Å². The lowest BCUT2D eigenvalue weighted by Crippen LogP contribution is -2.01. The second-order valence-electron chi connectivity index (χ2n) is 5.27. The van der Waals surface area contributed by atoms with Crippen LogP contribution in [0.2, 0.25) is 15.9 Å². The van der Waals surface area contributed by atoms with Gasteiger partial charge in [-0.1, -0.05) is 12.1 Å². The average molecular weight is 459 g/mol. The number of halogens is 3. The van der Waals surface area contributed by atoms with E-state index < -0.39 is 5.97 Å². The number of hydrogen-bond acceptors (Lipinski definition) is 7. The number of nitrogens with two attached hydrogens (primary N) is 2. The molecule has 0 spiro atoms. The van der Waals surface area contributed by atoms with Crippen LogP contribution in [0.4, 0.5) is 5.69 Å². The number of carbonyl (C=O) groups is 1. The summed E-state index contributed by atoms with van der Waals surface area (Å²) >= 11 is 16.0. The quantitative estimate of drug-likeness (QED) is 0.434. The third kappa shape index (κ3) is 10.5. The van der Waals surface area contributed by atoms with Crippen LogP contribution in [-0.4, -0.2) is 37.7 Å². The van der Waals surface area contributed by atoms with E-state index in [4.69, 9.17) is 56.5 Å². The Morgan fingerprint density at radius 2 is 1.31 bits per heavy atom. The molecule has 29 heavy (non-hydrogen) atoms. The molecular weight excluding hydrogens is 441 g/mol. The number of carboxylic acid groups (broad SMARTS) is 1. The van der Waals surface area contributed by atoms with E-state index in [0.29, 0.717) is 18.0 Å². The van der Waals surface area contributed by atoms with Crippen LogP contribution in [0.3, 0.4) is 0 Å². The highest BCUT2D eigenvalue weighted by atomic mass is 35.5. The van der Waals surface area contributed by atoms with E-state index in [1.165, 1.54) is 17.7 Å². The van der Waals surface area contributed by atoms with E-state index >= 15 is 0 Å². The van der Waals surface area contributed by atoms with Crippen LogP contribution in [0.5, 0.6) is 5.75 Å². The Bertz CT molecular complexity index is 859. The van der Waals surface area contributed by atoms with Gasteiger partial charge in [0.05, 0.1) is 5.56 Å². The van der Waals surface area contributed by atoms with Gasteiger partial charge in [0.25, 0.3) is 0 Å². The molecule has 0 atom stereocenters. The molecule has 0 bridgehead atoms. The highest BCUT2D eigenvalue weighted by molar-refractivity contribution is 6.33. The molecule has 3 aromatic rings. The molecule has 6 N–H and O–H groups in total. The van der Waals surface area contributed by atoms with Crippen LogP contribution < -0.4 is 11.5 Å². The minimum absolute atomic E-state index is 0.000000000000000444. The number of phenols is 1. The second kappa shape index (κ2) is 12.7. The van der Waals surface area contributed by atoms with Crippen molar-refractivity contribution in [1.82, 2.24) is 15.0 Å². The number of nitrogen functional groups attached to an aromatic ring is 1. The number of carboxylic acids is 1. The van der Waals surface area contributed by atoms with Crippen molar-refractivity contribution >= 4 is 46.5 Å². The third-order valence-corrected chi connectivity index (χ3v) is 3.59. The van der Waals surface area contributed by atoms with Gasteiger partial charge < -0.3 is 21.7 Å². The summed E-state index contributed by atoms with van der Waals surface area (Å²) in [5.74, 6) is -0.624. The lowest BCUT2D eigenvalue weighted by Gasteiger charge is -1.96. The van der Waals surface area contributed by atoms with Crippen LogP contribution in [0.15, 0.2) is 48.5 Å². The molecule has 0 amide bonds. The van der Waals surface area contributed by atoms with Crippen LogP contribution in [0, 0.1) is 0 Å². The Balaban J connectivity index is 0.000000218. The topological polar surface area (TPSA) is 148 Å². The fourth-order valence-electron chi connectivity index (χ4n) is 1.76. The number of anilines is 1. The molecule has 0 unspecified atom stereocenters. The van der Waals surface area contributed by atoms with Gasteiger partial charge in [0, 0.05) is 5.69 Å². The Morgan fingerprint density at radius 1 is 0.862 bits per heavy atom. The first-order valence-electron chi connectivity index (χ1n) is 8.00. The Morgan fingerprint density at radius 3 is 1.69 bits per heavy atom. The first-order valence-corrected chi connectivity index (χ1v) is 9.14. The summed E-state index contributed by atoms with van der Waals surface area (Å²) in [5, 5.41) is 17.3. The Labute approximate surface area is 182 Å². The van der Waals surface area contributed by atoms with Crippen molar-refractivity contribution in [1.29, 1.82) is 0 Å². The van der Waals surface area contributed by atoms with E-state index in [9.17, 15) is 4.79 Å². The minimum atomic E-state index is -0.931. The first kappa shape index (κ1) is 24.4. The molecular formula is C18H18Cl3N5O3. The van der Waals surface area contributed by atoms with Gasteiger partial charge in [-0.15, -0.1) is 0 Å². The number of aromatic hydroxyl groups is 1. The van der Waals surface area contributed by atoms with E-state index in [1.807, 2.05) is 12.1 Å². The SMILES string of the molecule is Clc1nc(Cl)nc(Cl)n1.NCCc1ccc(O)cc1.Nc1ccc(C(=O)O)cc1. The molecule has 8 nitrogen and oxygen atoms in total. The lowest BCUT2D eigenvalue weighted by atomic mass is 10.1. The number of phenolic OH excluding ortho intramolecular Hbond substituents is 1. The van der Waals surface area contributed by atoms with Gasteiger partial charge in [-0.05, 0) is 89.7 Å². The molecule has 1 aromatic heterocycles. The van der Waals surface area contributed by atoms with Crippen LogP contribution in [0.1, 0.15) is 15.9 Å². The van der Waals surface area contributed by atoms with Crippen molar-refractivity contribution in [2.45, 2.75) is 6.42 Å². The molecule has 0 saturated heterocycles. The summed E-state index contributed by atoms with van der Waals surface area (Å²) in [5.41, 5.74) is 12.7. The van der Waals surface area contributed by atoms with Crippen molar-refractivity contribution in [3.63, 3.8) is 0 Å². The predicted molar refractivity (Wildman–Crippen MR) is 114 cm³/mol. The van der Waals surface area contributed by atoms with Crippen LogP contribution >= 0.6 is 34.8 Å².